The van der Waals surface area contributed by atoms with E-state index in [0.717, 1.165) is 43.3 Å². The van der Waals surface area contributed by atoms with E-state index in [1.165, 1.54) is 0 Å². The third-order valence-electron chi connectivity index (χ3n) is 3.44. The van der Waals surface area contributed by atoms with Crippen molar-refractivity contribution in [3.8, 4) is 0 Å². The molecule has 1 aromatic heterocycles. The smallest absolute Gasteiger partial charge is 0.132 e. The number of rotatable bonds is 8. The van der Waals surface area contributed by atoms with Gasteiger partial charge in [-0.05, 0) is 26.2 Å². The van der Waals surface area contributed by atoms with Crippen LogP contribution in [0.2, 0.25) is 0 Å². The van der Waals surface area contributed by atoms with E-state index in [2.05, 4.69) is 41.4 Å². The molecule has 0 aromatic carbocycles. The fourth-order valence-electron chi connectivity index (χ4n) is 1.94. The van der Waals surface area contributed by atoms with Crippen molar-refractivity contribution in [1.29, 1.82) is 0 Å². The van der Waals surface area contributed by atoms with Gasteiger partial charge in [-0.1, -0.05) is 20.8 Å². The Labute approximate surface area is 115 Å². The molecular weight excluding hydrogens is 240 g/mol. The van der Waals surface area contributed by atoms with E-state index in [0.29, 0.717) is 0 Å². The van der Waals surface area contributed by atoms with Crippen molar-refractivity contribution >= 4 is 11.6 Å². The monoisotopic (exact) mass is 266 g/mol. The molecule has 0 unspecified atom stereocenters. The molecule has 0 aliphatic carbocycles. The Morgan fingerprint density at radius 3 is 2.32 bits per heavy atom. The molecule has 0 atom stereocenters. The fourth-order valence-corrected chi connectivity index (χ4v) is 1.94. The number of aryl methyl sites for hydroxylation is 1. The lowest BCUT2D eigenvalue weighted by atomic mass is 9.94. The molecule has 0 radical (unpaired) electrons. The Morgan fingerprint density at radius 1 is 1.16 bits per heavy atom. The predicted octanol–water partition coefficient (Wildman–Crippen LogP) is 2.57. The summed E-state index contributed by atoms with van der Waals surface area (Å²) in [4.78, 5) is 8.75. The maximum absolute atomic E-state index is 9.60. The van der Waals surface area contributed by atoms with Crippen LogP contribution in [-0.4, -0.2) is 33.8 Å². The first kappa shape index (κ1) is 15.7. The minimum absolute atomic E-state index is 0.0980. The second kappa shape index (κ2) is 7.28. The zero-order valence-corrected chi connectivity index (χ0v) is 12.5. The second-order valence-corrected chi connectivity index (χ2v) is 4.88. The maximum atomic E-state index is 9.60. The Balaban J connectivity index is 2.90. The third kappa shape index (κ3) is 4.35. The molecule has 0 saturated heterocycles. The number of hydrogen-bond acceptors (Lipinski definition) is 5. The van der Waals surface area contributed by atoms with E-state index in [1.54, 1.807) is 0 Å². The fraction of sp³-hybridized carbons (Fsp3) is 0.714. The van der Waals surface area contributed by atoms with Crippen molar-refractivity contribution in [3.63, 3.8) is 0 Å². The third-order valence-corrected chi connectivity index (χ3v) is 3.44. The number of aliphatic hydroxyl groups excluding tert-OH is 1. The topological polar surface area (TPSA) is 70.1 Å². The SMILES string of the molecule is CCCNc1cc(NC(CC)(CC)CO)nc(C)n1. The zero-order valence-electron chi connectivity index (χ0n) is 12.5. The largest absolute Gasteiger partial charge is 0.394 e. The zero-order chi connectivity index (χ0) is 14.3. The van der Waals surface area contributed by atoms with Gasteiger partial charge >= 0.3 is 0 Å². The van der Waals surface area contributed by atoms with Crippen LogP contribution in [0.25, 0.3) is 0 Å². The summed E-state index contributed by atoms with van der Waals surface area (Å²) in [5, 5.41) is 16.2. The molecule has 19 heavy (non-hydrogen) atoms. The molecule has 1 heterocycles. The van der Waals surface area contributed by atoms with E-state index in [-0.39, 0.29) is 12.1 Å². The van der Waals surface area contributed by atoms with Gasteiger partial charge in [-0.2, -0.15) is 0 Å². The van der Waals surface area contributed by atoms with Crippen molar-refractivity contribution in [2.75, 3.05) is 23.8 Å². The maximum Gasteiger partial charge on any atom is 0.132 e. The predicted molar refractivity (Wildman–Crippen MR) is 79.6 cm³/mol. The van der Waals surface area contributed by atoms with Gasteiger partial charge in [0.15, 0.2) is 0 Å². The summed E-state index contributed by atoms with van der Waals surface area (Å²) in [5.74, 6) is 2.32. The highest BCUT2D eigenvalue weighted by atomic mass is 16.3. The average Bonchev–Trinajstić information content (AvgIpc) is 2.42. The first-order valence-corrected chi connectivity index (χ1v) is 7.07. The van der Waals surface area contributed by atoms with Crippen molar-refractivity contribution in [1.82, 2.24) is 9.97 Å². The lowest BCUT2D eigenvalue weighted by molar-refractivity contribution is 0.202. The first-order chi connectivity index (χ1) is 9.09. The highest BCUT2D eigenvalue weighted by Crippen LogP contribution is 2.22. The summed E-state index contributed by atoms with van der Waals surface area (Å²) >= 11 is 0. The van der Waals surface area contributed by atoms with Crippen LogP contribution >= 0.6 is 0 Å². The Kier molecular flexibility index (Phi) is 6.02. The summed E-state index contributed by atoms with van der Waals surface area (Å²) in [6.45, 7) is 9.11. The van der Waals surface area contributed by atoms with Crippen LogP contribution in [0.15, 0.2) is 6.07 Å². The van der Waals surface area contributed by atoms with Gasteiger partial charge in [0.1, 0.15) is 17.5 Å². The minimum atomic E-state index is -0.303. The van der Waals surface area contributed by atoms with E-state index in [4.69, 9.17) is 0 Å². The second-order valence-electron chi connectivity index (χ2n) is 4.88. The Bertz CT molecular complexity index is 383. The van der Waals surface area contributed by atoms with Gasteiger partial charge in [0.05, 0.1) is 12.1 Å². The van der Waals surface area contributed by atoms with Crippen molar-refractivity contribution in [3.05, 3.63) is 11.9 Å². The molecule has 3 N–H and O–H groups in total. The average molecular weight is 266 g/mol. The van der Waals surface area contributed by atoms with E-state index < -0.39 is 0 Å². The summed E-state index contributed by atoms with van der Waals surface area (Å²) in [5.41, 5.74) is -0.303. The molecule has 0 saturated carbocycles. The molecule has 108 valence electrons. The Morgan fingerprint density at radius 2 is 1.79 bits per heavy atom. The van der Waals surface area contributed by atoms with Gasteiger partial charge in [0.25, 0.3) is 0 Å². The van der Waals surface area contributed by atoms with Crippen LogP contribution in [0, 0.1) is 6.92 Å². The van der Waals surface area contributed by atoms with Crippen LogP contribution in [0.1, 0.15) is 45.9 Å². The first-order valence-electron chi connectivity index (χ1n) is 7.07. The number of anilines is 2. The molecule has 0 aliphatic heterocycles. The van der Waals surface area contributed by atoms with Gasteiger partial charge < -0.3 is 15.7 Å². The molecule has 1 rings (SSSR count). The normalized spacial score (nSPS) is 11.4. The lowest BCUT2D eigenvalue weighted by Crippen LogP contribution is -2.41. The van der Waals surface area contributed by atoms with Gasteiger partial charge in [-0.25, -0.2) is 9.97 Å². The highest BCUT2D eigenvalue weighted by Gasteiger charge is 2.25. The highest BCUT2D eigenvalue weighted by molar-refractivity contribution is 5.49. The number of aromatic nitrogens is 2. The standard InChI is InChI=1S/C14H26N4O/c1-5-8-15-12-9-13(17-11(4)16-12)18-14(6-2,7-3)10-19/h9,19H,5-8,10H2,1-4H3,(H2,15,16,17,18). The quantitative estimate of drug-likeness (QED) is 0.674. The van der Waals surface area contributed by atoms with Gasteiger partial charge in [0.2, 0.25) is 0 Å². The molecule has 0 fully saturated rings. The molecule has 1 aromatic rings. The molecule has 0 amide bonds. The van der Waals surface area contributed by atoms with Gasteiger partial charge in [-0.3, -0.25) is 0 Å². The molecule has 0 aliphatic rings. The number of aliphatic hydroxyl groups is 1. The number of nitrogens with zero attached hydrogens (tertiary/aromatic N) is 2. The summed E-state index contributed by atoms with van der Waals surface area (Å²) in [6.07, 6.45) is 2.75. The lowest BCUT2D eigenvalue weighted by Gasteiger charge is -2.31. The van der Waals surface area contributed by atoms with Crippen molar-refractivity contribution in [2.45, 2.75) is 52.5 Å². The van der Waals surface area contributed by atoms with E-state index in [1.807, 2.05) is 13.0 Å². The van der Waals surface area contributed by atoms with Crippen LogP contribution < -0.4 is 10.6 Å². The van der Waals surface area contributed by atoms with Crippen LogP contribution in [-0.2, 0) is 0 Å². The molecule has 0 spiro atoms. The van der Waals surface area contributed by atoms with E-state index >= 15 is 0 Å². The van der Waals surface area contributed by atoms with Gasteiger partial charge in [0, 0.05) is 12.6 Å². The van der Waals surface area contributed by atoms with E-state index in [9.17, 15) is 5.11 Å². The Hall–Kier alpha value is -1.36. The summed E-state index contributed by atoms with van der Waals surface area (Å²) in [6, 6.07) is 1.90. The van der Waals surface area contributed by atoms with Gasteiger partial charge in [-0.15, -0.1) is 0 Å². The summed E-state index contributed by atoms with van der Waals surface area (Å²) < 4.78 is 0. The molecule has 5 nitrogen and oxygen atoms in total. The molecular formula is C14H26N4O. The van der Waals surface area contributed by atoms with Crippen LogP contribution in [0.5, 0.6) is 0 Å². The number of nitrogens with one attached hydrogen (secondary N) is 2. The molecule has 0 bridgehead atoms. The van der Waals surface area contributed by atoms with Crippen molar-refractivity contribution in [2.24, 2.45) is 0 Å². The molecule has 5 heteroatoms. The number of hydrogen-bond donors (Lipinski definition) is 3. The van der Waals surface area contributed by atoms with Crippen molar-refractivity contribution < 1.29 is 5.11 Å². The minimum Gasteiger partial charge on any atom is -0.394 e. The van der Waals surface area contributed by atoms with Crippen LogP contribution in [0.4, 0.5) is 11.6 Å². The van der Waals surface area contributed by atoms with Crippen LogP contribution in [0.3, 0.4) is 0 Å². The summed E-state index contributed by atoms with van der Waals surface area (Å²) in [7, 11) is 0.